The van der Waals surface area contributed by atoms with Gasteiger partial charge in [0.15, 0.2) is 0 Å². The average Bonchev–Trinajstić information content (AvgIpc) is 3.89. The molecule has 0 unspecified atom stereocenters. The average molecular weight is 839 g/mol. The molecule has 10 nitrogen and oxygen atoms in total. The zero-order valence-corrected chi connectivity index (χ0v) is 34.5. The van der Waals surface area contributed by atoms with E-state index < -0.39 is 0 Å². The first-order valence-electron chi connectivity index (χ1n) is 18.9. The van der Waals surface area contributed by atoms with E-state index in [0.29, 0.717) is 13.1 Å². The van der Waals surface area contributed by atoms with Gasteiger partial charge < -0.3 is 21.3 Å². The maximum absolute atomic E-state index is 12.9. The third kappa shape index (κ3) is 7.09. The van der Waals surface area contributed by atoms with Crippen LogP contribution < -0.4 is 21.3 Å². The van der Waals surface area contributed by atoms with Crippen molar-refractivity contribution in [3.63, 3.8) is 0 Å². The minimum absolute atomic E-state index is 0.0637. The van der Waals surface area contributed by atoms with Crippen LogP contribution in [0.5, 0.6) is 0 Å². The van der Waals surface area contributed by atoms with Crippen LogP contribution in [0.15, 0.2) is 67.5 Å². The predicted octanol–water partition coefficient (Wildman–Crippen LogP) is 5.68. The van der Waals surface area contributed by atoms with Crippen molar-refractivity contribution < 1.29 is 9.59 Å². The number of nitrogens with one attached hydrogen (secondary N) is 4. The van der Waals surface area contributed by atoms with Crippen LogP contribution in [0.25, 0.3) is 0 Å². The third-order valence-electron chi connectivity index (χ3n) is 11.4. The molecule has 6 aliphatic rings. The summed E-state index contributed by atoms with van der Waals surface area (Å²) in [7, 11) is 0. The standard InChI is InChI=1S/2C20H27BrN4O/c2*1-19(2,3)24-17(26)16-15-11-20(9-6-10-25(16)20)18(23-15)22-12-13-7-4-5-8-14(13)21/h2*4-5,7-8,15-16H,6,9-12H2,1-3H3,(H,22,23)(H,24,26)/t2*15-,16-,20-/m00/s1. The summed E-state index contributed by atoms with van der Waals surface area (Å²) in [6.07, 6.45) is 6.41. The molecule has 4 N–H and O–H groups in total. The van der Waals surface area contributed by atoms with E-state index in [4.69, 9.17) is 9.98 Å². The molecular formula is C40H54Br2N8O2. The van der Waals surface area contributed by atoms with Gasteiger partial charge >= 0.3 is 0 Å². The lowest BCUT2D eigenvalue weighted by molar-refractivity contribution is -0.129. The Hall–Kier alpha value is -2.80. The van der Waals surface area contributed by atoms with Crippen LogP contribution in [0.1, 0.15) is 91.2 Å². The molecule has 4 bridgehead atoms. The molecule has 2 amide bonds. The first kappa shape index (κ1) is 37.5. The Kier molecular flexibility index (Phi) is 10.2. The van der Waals surface area contributed by atoms with Gasteiger partial charge in [-0.2, -0.15) is 0 Å². The molecule has 8 rings (SSSR count). The van der Waals surface area contributed by atoms with E-state index in [0.717, 1.165) is 72.2 Å². The van der Waals surface area contributed by atoms with E-state index in [9.17, 15) is 9.59 Å². The molecule has 2 aromatic rings. The largest absolute Gasteiger partial charge is 0.367 e. The molecule has 0 aliphatic carbocycles. The summed E-state index contributed by atoms with van der Waals surface area (Å²) < 4.78 is 2.19. The molecule has 6 aliphatic heterocycles. The smallest absolute Gasteiger partial charge is 0.239 e. The summed E-state index contributed by atoms with van der Waals surface area (Å²) in [5.41, 5.74) is 1.84. The van der Waals surface area contributed by atoms with Crippen LogP contribution in [0.4, 0.5) is 0 Å². The van der Waals surface area contributed by atoms with E-state index in [2.05, 4.69) is 87.2 Å². The van der Waals surface area contributed by atoms with E-state index in [1.165, 1.54) is 11.1 Å². The number of amidine groups is 2. The van der Waals surface area contributed by atoms with E-state index in [1.54, 1.807) is 0 Å². The Balaban J connectivity index is 0.000000162. The number of hydrogen-bond acceptors (Lipinski definition) is 6. The SMILES string of the molecule is CC(C)(C)NC(=O)[C@@H]1[C@@H]2C[C@@]3(CCCN13)C(=NCc1ccccc1Br)N2.CC(C)(C)NC(=O)[C@@H]1[C@@H]2C[C@@]3(CCCN13)C(=NCc1ccccc1Br)N2. The fourth-order valence-electron chi connectivity index (χ4n) is 9.52. The highest BCUT2D eigenvalue weighted by Crippen LogP contribution is 2.49. The summed E-state index contributed by atoms with van der Waals surface area (Å²) in [5, 5.41) is 13.5. The molecule has 2 spiro atoms. The van der Waals surface area contributed by atoms with E-state index in [-0.39, 0.29) is 58.1 Å². The summed E-state index contributed by atoms with van der Waals surface area (Å²) in [5.74, 6) is 2.44. The fourth-order valence-corrected chi connectivity index (χ4v) is 10.3. The molecule has 52 heavy (non-hydrogen) atoms. The van der Waals surface area contributed by atoms with Gasteiger partial charge in [-0.1, -0.05) is 68.3 Å². The fraction of sp³-hybridized carbons (Fsp3) is 0.600. The van der Waals surface area contributed by atoms with Gasteiger partial charge in [-0.05, 0) is 103 Å². The van der Waals surface area contributed by atoms with Crippen LogP contribution in [0.2, 0.25) is 0 Å². The lowest BCUT2D eigenvalue weighted by atomic mass is 9.95. The van der Waals surface area contributed by atoms with Crippen molar-refractivity contribution in [3.05, 3.63) is 68.6 Å². The predicted molar refractivity (Wildman–Crippen MR) is 214 cm³/mol. The first-order chi connectivity index (χ1) is 24.6. The van der Waals surface area contributed by atoms with Crippen molar-refractivity contribution in [2.24, 2.45) is 9.98 Å². The lowest BCUT2D eigenvalue weighted by Crippen LogP contribution is -2.64. The van der Waals surface area contributed by atoms with Crippen LogP contribution in [-0.2, 0) is 22.7 Å². The molecule has 0 aromatic heterocycles. The number of rotatable bonds is 6. The zero-order valence-electron chi connectivity index (χ0n) is 31.4. The summed E-state index contributed by atoms with van der Waals surface area (Å²) in [6.45, 7) is 15.5. The topological polar surface area (TPSA) is 113 Å². The highest BCUT2D eigenvalue weighted by molar-refractivity contribution is 9.10. The van der Waals surface area contributed by atoms with Crippen molar-refractivity contribution in [1.29, 1.82) is 0 Å². The lowest BCUT2D eigenvalue weighted by Gasteiger charge is -2.39. The normalized spacial score (nSPS) is 31.9. The van der Waals surface area contributed by atoms with Gasteiger partial charge in [0.05, 0.1) is 36.3 Å². The number of amides is 2. The second-order valence-electron chi connectivity index (χ2n) is 17.4. The Morgan fingerprint density at radius 2 is 1.10 bits per heavy atom. The van der Waals surface area contributed by atoms with Crippen molar-refractivity contribution in [2.45, 2.75) is 139 Å². The number of piperazine rings is 2. The Labute approximate surface area is 325 Å². The second kappa shape index (κ2) is 14.1. The van der Waals surface area contributed by atoms with Crippen LogP contribution in [-0.4, -0.2) is 92.7 Å². The Morgan fingerprint density at radius 1 is 0.712 bits per heavy atom. The highest BCUT2D eigenvalue weighted by atomic mass is 79.9. The minimum Gasteiger partial charge on any atom is -0.367 e. The van der Waals surface area contributed by atoms with Crippen molar-refractivity contribution in [3.8, 4) is 0 Å². The van der Waals surface area contributed by atoms with Crippen molar-refractivity contribution in [1.82, 2.24) is 31.1 Å². The second-order valence-corrected chi connectivity index (χ2v) is 19.2. The van der Waals surface area contributed by atoms with Crippen LogP contribution in [0, 0.1) is 0 Å². The molecule has 0 saturated carbocycles. The Bertz CT molecular complexity index is 1640. The van der Waals surface area contributed by atoms with E-state index in [1.807, 2.05) is 65.8 Å². The summed E-state index contributed by atoms with van der Waals surface area (Å²) in [4.78, 5) is 40.5. The van der Waals surface area contributed by atoms with Gasteiger partial charge in [0.1, 0.15) is 23.8 Å². The number of hydrogen-bond donors (Lipinski definition) is 4. The number of aliphatic imine (C=N–C) groups is 2. The molecule has 280 valence electrons. The van der Waals surface area contributed by atoms with Crippen molar-refractivity contribution in [2.75, 3.05) is 13.1 Å². The first-order valence-corrected chi connectivity index (χ1v) is 20.5. The summed E-state index contributed by atoms with van der Waals surface area (Å²) >= 11 is 7.21. The van der Waals surface area contributed by atoms with Gasteiger partial charge in [0.2, 0.25) is 11.8 Å². The number of benzene rings is 2. The zero-order chi connectivity index (χ0) is 37.1. The quantitative estimate of drug-likeness (QED) is 0.298. The van der Waals surface area contributed by atoms with Crippen molar-refractivity contribution >= 4 is 55.3 Å². The van der Waals surface area contributed by atoms with Gasteiger partial charge in [-0.3, -0.25) is 29.4 Å². The molecule has 6 heterocycles. The minimum atomic E-state index is -0.206. The van der Waals surface area contributed by atoms with Gasteiger partial charge in [-0.15, -0.1) is 0 Å². The molecule has 12 heteroatoms. The Morgan fingerprint density at radius 3 is 1.46 bits per heavy atom. The molecule has 6 fully saturated rings. The van der Waals surface area contributed by atoms with Gasteiger partial charge in [0, 0.05) is 33.1 Å². The number of fused-ring (bicyclic) bond motifs is 2. The number of carbonyl (C=O) groups excluding carboxylic acids is 2. The van der Waals surface area contributed by atoms with Crippen LogP contribution in [0.3, 0.4) is 0 Å². The van der Waals surface area contributed by atoms with Gasteiger partial charge in [-0.25, -0.2) is 0 Å². The number of nitrogens with zero attached hydrogens (tertiary/aromatic N) is 4. The van der Waals surface area contributed by atoms with Gasteiger partial charge in [0.25, 0.3) is 0 Å². The number of halogens is 2. The molecular weight excluding hydrogens is 784 g/mol. The summed E-state index contributed by atoms with van der Waals surface area (Å²) in [6, 6.07) is 16.6. The molecule has 0 radical (unpaired) electrons. The molecule has 2 aromatic carbocycles. The monoisotopic (exact) mass is 836 g/mol. The molecule has 6 atom stereocenters. The maximum atomic E-state index is 12.9. The van der Waals surface area contributed by atoms with E-state index >= 15 is 0 Å². The highest BCUT2D eigenvalue weighted by Gasteiger charge is 2.65. The van der Waals surface area contributed by atoms with Crippen LogP contribution >= 0.6 is 31.9 Å². The maximum Gasteiger partial charge on any atom is 0.239 e. The number of carbonyl (C=O) groups is 2. The molecule has 6 saturated heterocycles. The third-order valence-corrected chi connectivity index (χ3v) is 13.0.